The fraction of sp³-hybridized carbons (Fsp3) is 0.429. The highest BCUT2D eigenvalue weighted by Gasteiger charge is 2.24. The molecule has 6 heteroatoms. The zero-order chi connectivity index (χ0) is 9.42. The first-order valence-corrected chi connectivity index (χ1v) is 4.34. The quantitative estimate of drug-likeness (QED) is 0.702. The largest absolute Gasteiger partial charge is 0.368 e. The van der Waals surface area contributed by atoms with Crippen molar-refractivity contribution < 1.29 is 0 Å². The Morgan fingerprint density at radius 3 is 2.92 bits per heavy atom. The summed E-state index contributed by atoms with van der Waals surface area (Å²) < 4.78 is 0. The molecule has 0 amide bonds. The highest BCUT2D eigenvalue weighted by Crippen LogP contribution is 2.39. The summed E-state index contributed by atoms with van der Waals surface area (Å²) in [7, 11) is 0. The van der Waals surface area contributed by atoms with Crippen LogP contribution in [-0.2, 0) is 0 Å². The molecule has 1 aromatic heterocycles. The third-order valence-electron chi connectivity index (χ3n) is 1.91. The molecule has 1 atom stereocenters. The second kappa shape index (κ2) is 2.92. The normalized spacial score (nSPS) is 19.1. The monoisotopic (exact) mass is 197 g/mol. The zero-order valence-electron chi connectivity index (χ0n) is 7.03. The average Bonchev–Trinajstić information content (AvgIpc) is 2.47. The fourth-order valence-electron chi connectivity index (χ4n) is 1.28. The second-order valence-corrected chi connectivity index (χ2v) is 3.11. The predicted molar refractivity (Wildman–Crippen MR) is 49.0 cm³/mol. The van der Waals surface area contributed by atoms with Crippen LogP contribution in [-0.4, -0.2) is 9.97 Å². The summed E-state index contributed by atoms with van der Waals surface area (Å²) in [5.74, 6) is 0.642. The molecule has 2 heterocycles. The summed E-state index contributed by atoms with van der Waals surface area (Å²) >= 11 is 5.90. The Labute approximate surface area is 80.0 Å². The van der Waals surface area contributed by atoms with Gasteiger partial charge in [0.05, 0.1) is 5.56 Å². The van der Waals surface area contributed by atoms with E-state index in [2.05, 4.69) is 20.2 Å². The van der Waals surface area contributed by atoms with Gasteiger partial charge in [-0.15, -0.1) is 5.11 Å². The maximum atomic E-state index is 5.90. The number of nitrogen functional groups attached to an aromatic ring is 1. The summed E-state index contributed by atoms with van der Waals surface area (Å²) in [4.78, 5) is 7.79. The summed E-state index contributed by atoms with van der Waals surface area (Å²) in [6.45, 7) is 2.01. The molecule has 1 aromatic rings. The third-order valence-corrected chi connectivity index (χ3v) is 2.20. The smallest absolute Gasteiger partial charge is 0.223 e. The molecule has 0 bridgehead atoms. The maximum Gasteiger partial charge on any atom is 0.223 e. The zero-order valence-corrected chi connectivity index (χ0v) is 7.78. The van der Waals surface area contributed by atoms with Crippen LogP contribution in [0.2, 0.25) is 5.15 Å². The number of halogens is 1. The lowest BCUT2D eigenvalue weighted by atomic mass is 10.1. The van der Waals surface area contributed by atoms with Gasteiger partial charge in [-0.25, -0.2) is 4.98 Å². The van der Waals surface area contributed by atoms with Crippen LogP contribution in [0.4, 0.5) is 11.8 Å². The van der Waals surface area contributed by atoms with Gasteiger partial charge in [-0.2, -0.15) is 10.1 Å². The number of nitrogens with two attached hydrogens (primary N) is 1. The van der Waals surface area contributed by atoms with Crippen LogP contribution >= 0.6 is 11.6 Å². The Kier molecular flexibility index (Phi) is 1.88. The minimum Gasteiger partial charge on any atom is -0.368 e. The van der Waals surface area contributed by atoms with E-state index in [0.717, 1.165) is 12.0 Å². The number of aromatic nitrogens is 2. The van der Waals surface area contributed by atoms with Crippen molar-refractivity contribution in [2.45, 2.75) is 19.4 Å². The molecule has 68 valence electrons. The second-order valence-electron chi connectivity index (χ2n) is 2.75. The lowest BCUT2D eigenvalue weighted by Gasteiger charge is -2.05. The van der Waals surface area contributed by atoms with Crippen LogP contribution in [0.3, 0.4) is 0 Å². The summed E-state index contributed by atoms with van der Waals surface area (Å²) in [6, 6.07) is -0.0110. The maximum absolute atomic E-state index is 5.90. The minimum absolute atomic E-state index is 0.0110. The van der Waals surface area contributed by atoms with Crippen molar-refractivity contribution in [1.29, 1.82) is 0 Å². The van der Waals surface area contributed by atoms with Crippen LogP contribution in [0.5, 0.6) is 0 Å². The number of fused-ring (bicyclic) bond motifs is 1. The molecule has 0 fully saturated rings. The molecule has 0 saturated carbocycles. The number of nitrogens with zero attached hydrogens (tertiary/aromatic N) is 4. The number of hydrogen-bond donors (Lipinski definition) is 1. The van der Waals surface area contributed by atoms with Crippen molar-refractivity contribution in [3.63, 3.8) is 0 Å². The molecule has 0 saturated heterocycles. The van der Waals surface area contributed by atoms with Crippen molar-refractivity contribution in [2.75, 3.05) is 5.73 Å². The van der Waals surface area contributed by atoms with Gasteiger partial charge in [0.2, 0.25) is 5.95 Å². The number of anilines is 1. The molecular formula is C7H8ClN5. The highest BCUT2D eigenvalue weighted by molar-refractivity contribution is 6.30. The van der Waals surface area contributed by atoms with Crippen molar-refractivity contribution in [1.82, 2.24) is 9.97 Å². The van der Waals surface area contributed by atoms with Crippen LogP contribution in [0, 0.1) is 0 Å². The van der Waals surface area contributed by atoms with Gasteiger partial charge in [-0.1, -0.05) is 18.5 Å². The van der Waals surface area contributed by atoms with E-state index in [9.17, 15) is 0 Å². The van der Waals surface area contributed by atoms with E-state index in [1.807, 2.05) is 6.92 Å². The molecule has 0 unspecified atom stereocenters. The van der Waals surface area contributed by atoms with Gasteiger partial charge in [0.15, 0.2) is 5.82 Å². The molecule has 0 aliphatic carbocycles. The van der Waals surface area contributed by atoms with Crippen molar-refractivity contribution in [3.8, 4) is 0 Å². The third kappa shape index (κ3) is 1.25. The molecule has 1 aliphatic heterocycles. The van der Waals surface area contributed by atoms with Gasteiger partial charge in [-0.05, 0) is 6.42 Å². The summed E-state index contributed by atoms with van der Waals surface area (Å²) in [5.41, 5.74) is 6.20. The number of azo groups is 1. The van der Waals surface area contributed by atoms with E-state index < -0.39 is 0 Å². The molecule has 5 nitrogen and oxygen atoms in total. The summed E-state index contributed by atoms with van der Waals surface area (Å²) in [6.07, 6.45) is 0.837. The van der Waals surface area contributed by atoms with Gasteiger partial charge < -0.3 is 5.73 Å². The molecular weight excluding hydrogens is 190 g/mol. The van der Waals surface area contributed by atoms with Gasteiger partial charge in [0.25, 0.3) is 0 Å². The van der Waals surface area contributed by atoms with Gasteiger partial charge in [-0.3, -0.25) is 0 Å². The Bertz CT molecular complexity index is 375. The Balaban J connectivity index is 2.57. The standard InChI is InChI=1S/C7H8ClN5/c1-2-3-4-5(8)10-7(9)11-6(4)13-12-3/h3H,2H2,1H3,(H2,9,10,11)/t3-/m1/s1. The first-order chi connectivity index (χ1) is 6.22. The van der Waals surface area contributed by atoms with E-state index in [-0.39, 0.29) is 12.0 Å². The van der Waals surface area contributed by atoms with Gasteiger partial charge >= 0.3 is 0 Å². The van der Waals surface area contributed by atoms with Crippen molar-refractivity contribution in [2.24, 2.45) is 10.2 Å². The SMILES string of the molecule is CC[C@H]1N=Nc2nc(N)nc(Cl)c21. The first kappa shape index (κ1) is 8.37. The van der Waals surface area contributed by atoms with E-state index in [0.29, 0.717) is 11.0 Å². The van der Waals surface area contributed by atoms with Gasteiger partial charge in [0, 0.05) is 0 Å². The topological polar surface area (TPSA) is 76.5 Å². The van der Waals surface area contributed by atoms with Crippen LogP contribution in [0.25, 0.3) is 0 Å². The van der Waals surface area contributed by atoms with Crippen molar-refractivity contribution >= 4 is 23.4 Å². The van der Waals surface area contributed by atoms with Crippen LogP contribution < -0.4 is 5.73 Å². The minimum atomic E-state index is -0.0110. The fourth-order valence-corrected chi connectivity index (χ4v) is 1.57. The van der Waals surface area contributed by atoms with E-state index in [1.165, 1.54) is 0 Å². The van der Waals surface area contributed by atoms with Gasteiger partial charge in [0.1, 0.15) is 11.2 Å². The molecule has 0 aromatic carbocycles. The molecule has 0 radical (unpaired) electrons. The molecule has 1 aliphatic rings. The van der Waals surface area contributed by atoms with Crippen molar-refractivity contribution in [3.05, 3.63) is 10.7 Å². The molecule has 0 spiro atoms. The van der Waals surface area contributed by atoms with E-state index in [1.54, 1.807) is 0 Å². The van der Waals surface area contributed by atoms with E-state index >= 15 is 0 Å². The lowest BCUT2D eigenvalue weighted by Crippen LogP contribution is -1.99. The Morgan fingerprint density at radius 2 is 2.23 bits per heavy atom. The Hall–Kier alpha value is -1.23. The lowest BCUT2D eigenvalue weighted by molar-refractivity contribution is 0.695. The molecule has 13 heavy (non-hydrogen) atoms. The molecule has 2 rings (SSSR count). The predicted octanol–water partition coefficient (Wildman–Crippen LogP) is 2.26. The summed E-state index contributed by atoms with van der Waals surface area (Å²) in [5, 5.41) is 8.25. The number of hydrogen-bond acceptors (Lipinski definition) is 5. The average molecular weight is 198 g/mol. The van der Waals surface area contributed by atoms with E-state index in [4.69, 9.17) is 17.3 Å². The number of rotatable bonds is 1. The van der Waals surface area contributed by atoms with Crippen LogP contribution in [0.1, 0.15) is 24.9 Å². The Morgan fingerprint density at radius 1 is 1.46 bits per heavy atom. The highest BCUT2D eigenvalue weighted by atomic mass is 35.5. The van der Waals surface area contributed by atoms with Crippen LogP contribution in [0.15, 0.2) is 10.2 Å². The molecule has 2 N–H and O–H groups in total. The first-order valence-electron chi connectivity index (χ1n) is 3.96.